The van der Waals surface area contributed by atoms with E-state index in [4.69, 9.17) is 0 Å². The van der Waals surface area contributed by atoms with Crippen LogP contribution in [0.1, 0.15) is 12.8 Å². The summed E-state index contributed by atoms with van der Waals surface area (Å²) in [4.78, 5) is 12.5. The number of anilines is 1. The van der Waals surface area contributed by atoms with Gasteiger partial charge in [-0.2, -0.15) is 8.78 Å². The van der Waals surface area contributed by atoms with Crippen LogP contribution in [0.25, 0.3) is 0 Å². The van der Waals surface area contributed by atoms with Crippen LogP contribution in [-0.4, -0.2) is 45.0 Å². The summed E-state index contributed by atoms with van der Waals surface area (Å²) in [6.07, 6.45) is 1.42. The van der Waals surface area contributed by atoms with Gasteiger partial charge in [0.1, 0.15) is 5.75 Å². The lowest BCUT2D eigenvalue weighted by Gasteiger charge is -2.34. The van der Waals surface area contributed by atoms with E-state index in [0.717, 1.165) is 6.26 Å². The maximum absolute atomic E-state index is 12.5. The van der Waals surface area contributed by atoms with Crippen LogP contribution in [0, 0.1) is 0 Å². The summed E-state index contributed by atoms with van der Waals surface area (Å²) < 4.78 is 51.2. The second-order valence-corrected chi connectivity index (χ2v) is 7.70. The monoisotopic (exact) mass is 384 g/mol. The zero-order chi connectivity index (χ0) is 17.1. The van der Waals surface area contributed by atoms with Gasteiger partial charge in [-0.05, 0) is 50.2 Å². The number of nitrogens with one attached hydrogen (secondary N) is 2. The van der Waals surface area contributed by atoms with E-state index in [9.17, 15) is 22.0 Å². The summed E-state index contributed by atoms with van der Waals surface area (Å²) in [7, 11) is -3.61. The Kier molecular flexibility index (Phi) is 6.94. The minimum atomic E-state index is -3.61. The maximum Gasteiger partial charge on any atom is 0.387 e. The van der Waals surface area contributed by atoms with Crippen molar-refractivity contribution in [2.45, 2.75) is 24.2 Å². The van der Waals surface area contributed by atoms with Gasteiger partial charge >= 0.3 is 6.61 Å². The van der Waals surface area contributed by atoms with Crippen LogP contribution >= 0.6 is 12.4 Å². The Morgan fingerprint density at radius 3 is 2.25 bits per heavy atom. The second kappa shape index (κ2) is 8.09. The molecule has 0 saturated carbocycles. The van der Waals surface area contributed by atoms with E-state index in [2.05, 4.69) is 15.4 Å². The molecule has 6 nitrogen and oxygen atoms in total. The third kappa shape index (κ3) is 4.55. The van der Waals surface area contributed by atoms with Gasteiger partial charge in [-0.1, -0.05) is 0 Å². The lowest BCUT2D eigenvalue weighted by atomic mass is 9.95. The van der Waals surface area contributed by atoms with Gasteiger partial charge in [-0.25, -0.2) is 8.42 Å². The fraction of sp³-hybridized carbons (Fsp3) is 0.500. The van der Waals surface area contributed by atoms with Crippen molar-refractivity contribution < 1.29 is 26.7 Å². The first-order valence-corrected chi connectivity index (χ1v) is 8.90. The van der Waals surface area contributed by atoms with Gasteiger partial charge in [0.15, 0.2) is 14.6 Å². The van der Waals surface area contributed by atoms with Crippen molar-refractivity contribution in [2.24, 2.45) is 0 Å². The maximum atomic E-state index is 12.5. The van der Waals surface area contributed by atoms with Crippen LogP contribution in [0.2, 0.25) is 0 Å². The number of sulfone groups is 1. The molecule has 2 N–H and O–H groups in total. The number of halogens is 3. The van der Waals surface area contributed by atoms with E-state index >= 15 is 0 Å². The number of benzene rings is 1. The Hall–Kier alpha value is -1.45. The van der Waals surface area contributed by atoms with Crippen molar-refractivity contribution in [3.05, 3.63) is 24.3 Å². The number of hydrogen-bond acceptors (Lipinski definition) is 5. The van der Waals surface area contributed by atoms with Crippen LogP contribution < -0.4 is 15.4 Å². The van der Waals surface area contributed by atoms with Crippen molar-refractivity contribution in [2.75, 3.05) is 24.7 Å². The molecule has 1 aromatic carbocycles. The molecule has 1 saturated heterocycles. The Balaban J connectivity index is 0.00000288. The molecule has 1 aromatic rings. The molecule has 1 amide bonds. The van der Waals surface area contributed by atoms with Crippen molar-refractivity contribution in [1.82, 2.24) is 5.32 Å². The average Bonchev–Trinajstić information content (AvgIpc) is 2.48. The molecule has 0 radical (unpaired) electrons. The SMILES string of the molecule is CS(=O)(=O)C1(C(=O)Nc2ccc(OC(F)F)cc2)CCNCC1.Cl. The summed E-state index contributed by atoms with van der Waals surface area (Å²) in [6, 6.07) is 5.31. The van der Waals surface area contributed by atoms with Crippen LogP contribution in [0.3, 0.4) is 0 Å². The van der Waals surface area contributed by atoms with Crippen molar-refractivity contribution in [3.63, 3.8) is 0 Å². The molecular formula is C14H19ClF2N2O4S. The molecule has 0 aromatic heterocycles. The first-order chi connectivity index (χ1) is 10.7. The standard InChI is InChI=1S/C14H18F2N2O4S.ClH/c1-23(20,21)14(6-8-17-9-7-14)12(19)18-10-2-4-11(5-3-10)22-13(15)16;/h2-5,13,17H,6-9H2,1H3,(H,18,19);1H. The van der Waals surface area contributed by atoms with Gasteiger partial charge in [0.25, 0.3) is 0 Å². The van der Waals surface area contributed by atoms with E-state index in [-0.39, 0.29) is 31.0 Å². The number of ether oxygens (including phenoxy) is 1. The summed E-state index contributed by atoms with van der Waals surface area (Å²) in [6.45, 7) is -2.07. The summed E-state index contributed by atoms with van der Waals surface area (Å²) >= 11 is 0. The van der Waals surface area contributed by atoms with Gasteiger partial charge in [-0.15, -0.1) is 12.4 Å². The Bertz CT molecular complexity index is 662. The molecule has 2 rings (SSSR count). The van der Waals surface area contributed by atoms with Gasteiger partial charge in [0.2, 0.25) is 5.91 Å². The molecule has 1 heterocycles. The molecule has 0 spiro atoms. The van der Waals surface area contributed by atoms with E-state index in [1.54, 1.807) is 0 Å². The lowest BCUT2D eigenvalue weighted by molar-refractivity contribution is -0.119. The number of amides is 1. The van der Waals surface area contributed by atoms with Gasteiger partial charge in [-0.3, -0.25) is 4.79 Å². The molecule has 24 heavy (non-hydrogen) atoms. The largest absolute Gasteiger partial charge is 0.435 e. The number of rotatable bonds is 5. The molecule has 1 aliphatic heterocycles. The predicted octanol–water partition coefficient (Wildman–Crippen LogP) is 1.82. The molecule has 1 fully saturated rings. The number of hydrogen-bond donors (Lipinski definition) is 2. The summed E-state index contributed by atoms with van der Waals surface area (Å²) in [5, 5.41) is 5.57. The molecule has 0 unspecified atom stereocenters. The van der Waals surface area contributed by atoms with E-state index < -0.39 is 27.1 Å². The first-order valence-electron chi connectivity index (χ1n) is 7.01. The molecule has 0 atom stereocenters. The minimum absolute atomic E-state index is 0. The molecule has 10 heteroatoms. The van der Waals surface area contributed by atoms with E-state index in [0.29, 0.717) is 18.8 Å². The van der Waals surface area contributed by atoms with Crippen LogP contribution in [0.4, 0.5) is 14.5 Å². The minimum Gasteiger partial charge on any atom is -0.435 e. The lowest BCUT2D eigenvalue weighted by Crippen LogP contribution is -2.55. The highest BCUT2D eigenvalue weighted by atomic mass is 35.5. The van der Waals surface area contributed by atoms with Crippen molar-refractivity contribution in [1.29, 1.82) is 0 Å². The van der Waals surface area contributed by atoms with E-state index in [1.807, 2.05) is 0 Å². The highest BCUT2D eigenvalue weighted by molar-refractivity contribution is 7.92. The number of carbonyl (C=O) groups excluding carboxylic acids is 1. The van der Waals surface area contributed by atoms with Gasteiger partial charge < -0.3 is 15.4 Å². The zero-order valence-electron chi connectivity index (χ0n) is 12.9. The third-order valence-corrected chi connectivity index (χ3v) is 5.89. The molecule has 1 aliphatic rings. The quantitative estimate of drug-likeness (QED) is 0.808. The normalized spacial score (nSPS) is 17.0. The van der Waals surface area contributed by atoms with Gasteiger partial charge in [0.05, 0.1) is 0 Å². The molecule has 0 aliphatic carbocycles. The zero-order valence-corrected chi connectivity index (χ0v) is 14.6. The van der Waals surface area contributed by atoms with Crippen LogP contribution in [0.15, 0.2) is 24.3 Å². The van der Waals surface area contributed by atoms with Crippen LogP contribution in [-0.2, 0) is 14.6 Å². The second-order valence-electron chi connectivity index (χ2n) is 5.37. The summed E-state index contributed by atoms with van der Waals surface area (Å²) in [5.74, 6) is -0.651. The number of carbonyl (C=O) groups is 1. The molecule has 136 valence electrons. The molecular weight excluding hydrogens is 366 g/mol. The number of piperidine rings is 1. The number of alkyl halides is 2. The fourth-order valence-electron chi connectivity index (χ4n) is 2.56. The van der Waals surface area contributed by atoms with E-state index in [1.165, 1.54) is 24.3 Å². The molecule has 0 bridgehead atoms. The van der Waals surface area contributed by atoms with Crippen molar-refractivity contribution in [3.8, 4) is 5.75 Å². The Morgan fingerprint density at radius 1 is 1.25 bits per heavy atom. The summed E-state index contributed by atoms with van der Waals surface area (Å²) in [5.41, 5.74) is 0.318. The predicted molar refractivity (Wildman–Crippen MR) is 88.6 cm³/mol. The first kappa shape index (κ1) is 20.6. The topological polar surface area (TPSA) is 84.5 Å². The highest BCUT2D eigenvalue weighted by Crippen LogP contribution is 2.29. The Morgan fingerprint density at radius 2 is 1.79 bits per heavy atom. The fourth-order valence-corrected chi connectivity index (χ4v) is 3.90. The Labute approximate surface area is 145 Å². The smallest absolute Gasteiger partial charge is 0.387 e. The van der Waals surface area contributed by atoms with Crippen molar-refractivity contribution >= 4 is 33.8 Å². The van der Waals surface area contributed by atoms with Gasteiger partial charge in [0, 0.05) is 11.9 Å². The average molecular weight is 385 g/mol. The third-order valence-electron chi connectivity index (χ3n) is 3.87. The van der Waals surface area contributed by atoms with Crippen LogP contribution in [0.5, 0.6) is 5.75 Å². The highest BCUT2D eigenvalue weighted by Gasteiger charge is 2.48.